The molecule has 3 aliphatic rings. The smallest absolute Gasteiger partial charge is 0.198 e. The molecule has 0 amide bonds. The molecular weight excluding hydrogens is 155 g/mol. The zero-order valence-corrected chi connectivity index (χ0v) is 5.70. The first kappa shape index (κ1) is 6.96. The summed E-state index contributed by atoms with van der Waals surface area (Å²) in [5.41, 5.74) is -2.04. The van der Waals surface area contributed by atoms with Gasteiger partial charge < -0.3 is 0 Å². The molecule has 0 aromatic heterocycles. The van der Waals surface area contributed by atoms with E-state index >= 15 is 0 Å². The van der Waals surface area contributed by atoms with E-state index in [9.17, 15) is 13.2 Å². The van der Waals surface area contributed by atoms with Gasteiger partial charge in [0.1, 0.15) is 0 Å². The van der Waals surface area contributed by atoms with Gasteiger partial charge in [-0.2, -0.15) is 18.4 Å². The Hall–Kier alpha value is -0.720. The molecule has 0 aliphatic heterocycles. The highest BCUT2D eigenvalue weighted by Gasteiger charge is 2.78. The van der Waals surface area contributed by atoms with Crippen molar-refractivity contribution in [2.75, 3.05) is 0 Å². The highest BCUT2D eigenvalue weighted by atomic mass is 19.4. The van der Waals surface area contributed by atoms with Crippen LogP contribution in [0.2, 0.25) is 0 Å². The van der Waals surface area contributed by atoms with E-state index < -0.39 is 17.0 Å². The summed E-state index contributed by atoms with van der Waals surface area (Å²) in [5, 5.41) is 8.45. The highest BCUT2D eigenvalue weighted by Crippen LogP contribution is 2.78. The molecule has 3 aliphatic carbocycles. The maximum atomic E-state index is 12.1. The van der Waals surface area contributed by atoms with Gasteiger partial charge in [0.15, 0.2) is 0 Å². The number of alkyl halides is 3. The van der Waals surface area contributed by atoms with Gasteiger partial charge in [0.2, 0.25) is 0 Å². The third-order valence-corrected chi connectivity index (χ3v) is 2.87. The van der Waals surface area contributed by atoms with Crippen LogP contribution in [-0.2, 0) is 0 Å². The minimum absolute atomic E-state index is 0.0417. The number of hydrogen-bond acceptors (Lipinski definition) is 1. The second kappa shape index (κ2) is 1.40. The number of nitriles is 1. The normalized spacial score (nSPS) is 47.1. The Morgan fingerprint density at radius 2 is 1.64 bits per heavy atom. The van der Waals surface area contributed by atoms with Gasteiger partial charge in [0.05, 0.1) is 16.9 Å². The lowest BCUT2D eigenvalue weighted by Crippen LogP contribution is -2.67. The van der Waals surface area contributed by atoms with Crippen molar-refractivity contribution in [3.63, 3.8) is 0 Å². The predicted octanol–water partition coefficient (Wildman–Crippen LogP) is 2.24. The van der Waals surface area contributed by atoms with Crippen molar-refractivity contribution in [1.82, 2.24) is 0 Å². The van der Waals surface area contributed by atoms with Crippen molar-refractivity contribution in [2.45, 2.75) is 25.4 Å². The van der Waals surface area contributed by atoms with E-state index in [-0.39, 0.29) is 19.3 Å². The minimum Gasteiger partial charge on any atom is -0.198 e. The van der Waals surface area contributed by atoms with Gasteiger partial charge in [-0.15, -0.1) is 0 Å². The van der Waals surface area contributed by atoms with Gasteiger partial charge >= 0.3 is 6.18 Å². The molecule has 2 bridgehead atoms. The fourth-order valence-electron chi connectivity index (χ4n) is 2.21. The van der Waals surface area contributed by atoms with E-state index in [1.807, 2.05) is 6.07 Å². The fraction of sp³-hybridized carbons (Fsp3) is 0.857. The van der Waals surface area contributed by atoms with E-state index in [1.165, 1.54) is 0 Å². The number of hydrogen-bond donors (Lipinski definition) is 0. The third-order valence-electron chi connectivity index (χ3n) is 2.87. The van der Waals surface area contributed by atoms with E-state index in [2.05, 4.69) is 0 Å². The van der Waals surface area contributed by atoms with Crippen LogP contribution in [0.25, 0.3) is 0 Å². The fourth-order valence-corrected chi connectivity index (χ4v) is 2.21. The molecule has 0 N–H and O–H groups in total. The lowest BCUT2D eigenvalue weighted by molar-refractivity contribution is -0.346. The Kier molecular flexibility index (Phi) is 0.889. The Morgan fingerprint density at radius 1 is 1.18 bits per heavy atom. The van der Waals surface area contributed by atoms with Crippen LogP contribution in [0.4, 0.5) is 13.2 Å². The van der Waals surface area contributed by atoms with Crippen molar-refractivity contribution < 1.29 is 13.2 Å². The van der Waals surface area contributed by atoms with Crippen molar-refractivity contribution in [3.05, 3.63) is 0 Å². The van der Waals surface area contributed by atoms with Gasteiger partial charge in [-0.3, -0.25) is 0 Å². The molecule has 0 atom stereocenters. The van der Waals surface area contributed by atoms with Crippen LogP contribution in [-0.4, -0.2) is 6.18 Å². The minimum atomic E-state index is -4.08. The molecule has 0 unspecified atom stereocenters. The van der Waals surface area contributed by atoms with E-state index in [0.717, 1.165) is 0 Å². The highest BCUT2D eigenvalue weighted by molar-refractivity contribution is 5.27. The molecule has 0 radical (unpaired) electrons. The van der Waals surface area contributed by atoms with Crippen LogP contribution in [0.15, 0.2) is 0 Å². The largest absolute Gasteiger partial charge is 0.394 e. The SMILES string of the molecule is N#CC12CC(C(F)(F)F)(C1)C2. The van der Waals surface area contributed by atoms with Crippen molar-refractivity contribution in [1.29, 1.82) is 5.26 Å². The predicted molar refractivity (Wildman–Crippen MR) is 30.4 cm³/mol. The molecule has 11 heavy (non-hydrogen) atoms. The summed E-state index contributed by atoms with van der Waals surface area (Å²) in [4.78, 5) is 0. The van der Waals surface area contributed by atoms with Crippen LogP contribution >= 0.6 is 0 Å². The molecule has 0 aromatic rings. The summed E-state index contributed by atoms with van der Waals surface area (Å²) in [5.74, 6) is 0. The molecule has 0 saturated heterocycles. The van der Waals surface area contributed by atoms with Crippen LogP contribution < -0.4 is 0 Å². The van der Waals surface area contributed by atoms with Gasteiger partial charge in [-0.05, 0) is 19.3 Å². The lowest BCUT2D eigenvalue weighted by atomic mass is 9.35. The Labute approximate surface area is 61.8 Å². The Morgan fingerprint density at radius 3 is 1.91 bits per heavy atom. The molecule has 0 aromatic carbocycles. The number of halogens is 3. The van der Waals surface area contributed by atoms with Crippen LogP contribution in [0.1, 0.15) is 19.3 Å². The quantitative estimate of drug-likeness (QED) is 0.534. The Bertz CT molecular complexity index is 228. The first-order valence-corrected chi connectivity index (χ1v) is 3.41. The number of rotatable bonds is 0. The van der Waals surface area contributed by atoms with Crippen molar-refractivity contribution in [2.24, 2.45) is 10.8 Å². The summed E-state index contributed by atoms with van der Waals surface area (Å²) in [6.07, 6.45) is -3.95. The Balaban J connectivity index is 2.12. The second-order valence-corrected chi connectivity index (χ2v) is 3.70. The number of nitrogens with zero attached hydrogens (tertiary/aromatic N) is 1. The van der Waals surface area contributed by atoms with Gasteiger partial charge in [0, 0.05) is 0 Å². The average Bonchev–Trinajstić information content (AvgIpc) is 1.53. The zero-order valence-electron chi connectivity index (χ0n) is 5.70. The van der Waals surface area contributed by atoms with Crippen molar-refractivity contribution in [3.8, 4) is 6.07 Å². The standard InChI is InChI=1S/C7H6F3N/c8-7(9,10)6-1-5(2-6,3-6)4-11/h1-3H2. The molecule has 1 nitrogen and oxygen atoms in total. The first-order valence-electron chi connectivity index (χ1n) is 3.41. The van der Waals surface area contributed by atoms with Gasteiger partial charge in [0.25, 0.3) is 0 Å². The van der Waals surface area contributed by atoms with Gasteiger partial charge in [-0.25, -0.2) is 0 Å². The van der Waals surface area contributed by atoms with E-state index in [4.69, 9.17) is 5.26 Å². The average molecular weight is 161 g/mol. The summed E-state index contributed by atoms with van der Waals surface area (Å²) < 4.78 is 36.4. The van der Waals surface area contributed by atoms with Crippen LogP contribution in [0.5, 0.6) is 0 Å². The maximum absolute atomic E-state index is 12.1. The molecule has 4 heteroatoms. The molecular formula is C7H6F3N. The molecule has 60 valence electrons. The molecule has 0 heterocycles. The van der Waals surface area contributed by atoms with Crippen molar-refractivity contribution >= 4 is 0 Å². The molecule has 0 spiro atoms. The van der Waals surface area contributed by atoms with E-state index in [1.54, 1.807) is 0 Å². The monoisotopic (exact) mass is 161 g/mol. The van der Waals surface area contributed by atoms with Gasteiger partial charge in [-0.1, -0.05) is 0 Å². The summed E-state index contributed by atoms with van der Waals surface area (Å²) in [6.45, 7) is 0. The van der Waals surface area contributed by atoms with Crippen LogP contribution in [0.3, 0.4) is 0 Å². The second-order valence-electron chi connectivity index (χ2n) is 3.70. The molecule has 3 saturated carbocycles. The lowest BCUT2D eigenvalue weighted by Gasteiger charge is -2.66. The summed E-state index contributed by atoms with van der Waals surface area (Å²) in [7, 11) is 0. The zero-order chi connectivity index (χ0) is 8.33. The molecule has 3 rings (SSSR count). The maximum Gasteiger partial charge on any atom is 0.394 e. The first-order chi connectivity index (χ1) is 4.93. The molecule has 3 fully saturated rings. The van der Waals surface area contributed by atoms with Crippen LogP contribution in [0, 0.1) is 22.2 Å². The topological polar surface area (TPSA) is 23.8 Å². The third kappa shape index (κ3) is 0.574. The van der Waals surface area contributed by atoms with E-state index in [0.29, 0.717) is 0 Å². The summed E-state index contributed by atoms with van der Waals surface area (Å²) in [6, 6.07) is 1.94. The summed E-state index contributed by atoms with van der Waals surface area (Å²) >= 11 is 0.